The van der Waals surface area contributed by atoms with Gasteiger partial charge in [-0.15, -0.1) is 37.9 Å². The number of benzene rings is 2. The van der Waals surface area contributed by atoms with Crippen LogP contribution in [0.15, 0.2) is 45.0 Å². The molecule has 0 amide bonds. The summed E-state index contributed by atoms with van der Waals surface area (Å²) in [5, 5.41) is 0. The molecule has 2 rings (SSSR count). The summed E-state index contributed by atoms with van der Waals surface area (Å²) in [6, 6.07) is 7.61. The molecule has 0 heterocycles. The number of rotatable bonds is 7. The molecule has 14 heteroatoms. The van der Waals surface area contributed by atoms with E-state index in [9.17, 15) is 14.0 Å². The van der Waals surface area contributed by atoms with Crippen molar-refractivity contribution in [2.45, 2.75) is 21.1 Å². The molecule has 0 aliphatic carbocycles. The normalized spacial score (nSPS) is 13.9. The lowest BCUT2D eigenvalue weighted by Gasteiger charge is -2.14. The molecule has 0 bridgehead atoms. The largest absolute Gasteiger partial charge is 0.538 e. The molecule has 2 aromatic rings. The average molecular weight is 488 g/mol. The average Bonchev–Trinajstić information content (AvgIpc) is 2.53. The van der Waals surface area contributed by atoms with Crippen LogP contribution in [0, 0.1) is 0 Å². The zero-order valence-corrected chi connectivity index (χ0v) is 18.5. The molecule has 8 nitrogen and oxygen atoms in total. The minimum atomic E-state index is -4.71. The van der Waals surface area contributed by atoms with Gasteiger partial charge < -0.3 is 9.05 Å². The first-order valence-electron chi connectivity index (χ1n) is 6.87. The van der Waals surface area contributed by atoms with E-state index in [1.54, 1.807) is 18.2 Å². The van der Waals surface area contributed by atoms with Crippen molar-refractivity contribution in [3.8, 4) is 11.5 Å². The molecule has 0 aliphatic heterocycles. The monoisotopic (exact) mass is 488 g/mol. The Balaban J connectivity index is 2.24. The van der Waals surface area contributed by atoms with E-state index in [4.69, 9.17) is 14.3 Å². The maximum absolute atomic E-state index is 11.4. The Morgan fingerprint density at radius 1 is 0.852 bits per heavy atom. The molecule has 0 radical (unpaired) electrons. The van der Waals surface area contributed by atoms with Gasteiger partial charge in [0.1, 0.15) is 11.5 Å². The summed E-state index contributed by atoms with van der Waals surface area (Å²) in [5.74, 6) is -0.0576. The van der Waals surface area contributed by atoms with Crippen molar-refractivity contribution in [2.24, 2.45) is 0 Å². The Bertz CT molecular complexity index is 948. The fourth-order valence-electron chi connectivity index (χ4n) is 2.05. The molecule has 0 saturated heterocycles. The van der Waals surface area contributed by atoms with Crippen molar-refractivity contribution in [1.29, 1.82) is 0 Å². The summed E-state index contributed by atoms with van der Waals surface area (Å²) in [5.41, 5.74) is 1.47. The highest BCUT2D eigenvalue weighted by molar-refractivity contribution is 7.81. The third-order valence-corrected chi connectivity index (χ3v) is 5.91. The van der Waals surface area contributed by atoms with E-state index >= 15 is 0 Å². The van der Waals surface area contributed by atoms with Gasteiger partial charge in [0.2, 0.25) is 0 Å². The van der Waals surface area contributed by atoms with Crippen LogP contribution in [0.5, 0.6) is 11.5 Å². The molecular weight excluding hydrogens is 474 g/mol. The van der Waals surface area contributed by atoms with Gasteiger partial charge in [0.25, 0.3) is 0 Å². The van der Waals surface area contributed by atoms with Crippen LogP contribution in [0.1, 0.15) is 11.1 Å². The van der Waals surface area contributed by atoms with Gasteiger partial charge in [0, 0.05) is 14.7 Å². The molecule has 2 aromatic carbocycles. The van der Waals surface area contributed by atoms with E-state index in [2.05, 4.69) is 59.3 Å². The second kappa shape index (κ2) is 9.04. The quantitative estimate of drug-likeness (QED) is 0.178. The Morgan fingerprint density at radius 2 is 1.48 bits per heavy atom. The van der Waals surface area contributed by atoms with Crippen LogP contribution >= 0.6 is 66.4 Å². The lowest BCUT2D eigenvalue weighted by atomic mass is 10.0. The van der Waals surface area contributed by atoms with E-state index in [1.165, 1.54) is 12.1 Å². The fourth-order valence-corrected chi connectivity index (χ4v) is 3.96. The maximum Gasteiger partial charge on any atom is 0.538 e. The molecule has 1 unspecified atom stereocenters. The van der Waals surface area contributed by atoms with Crippen molar-refractivity contribution in [2.75, 3.05) is 0 Å². The zero-order valence-electron chi connectivity index (χ0n) is 13.2. The molecule has 148 valence electrons. The molecule has 0 spiro atoms. The summed E-state index contributed by atoms with van der Waals surface area (Å²) in [7, 11) is -9.04. The van der Waals surface area contributed by atoms with E-state index in [0.29, 0.717) is 21.8 Å². The lowest BCUT2D eigenvalue weighted by Crippen LogP contribution is -1.97. The third kappa shape index (κ3) is 6.93. The first kappa shape index (κ1) is 23.0. The predicted molar refractivity (Wildman–Crippen MR) is 111 cm³/mol. The highest BCUT2D eigenvalue weighted by Gasteiger charge is 2.23. The summed E-state index contributed by atoms with van der Waals surface area (Å²) in [4.78, 5) is 28.1. The van der Waals surface area contributed by atoms with E-state index in [-0.39, 0.29) is 16.4 Å². The Morgan fingerprint density at radius 3 is 2.04 bits per heavy atom. The Kier molecular flexibility index (Phi) is 7.71. The molecule has 0 aliphatic rings. The molecule has 0 saturated carbocycles. The standard InChI is InChI=1S/C13H14O8P2S4/c14-22(15,16)19-10-6-11(24)8(5-13(10)26)3-7-1-2-9(12(25)4-7)20-23(17,18)21-27/h1-2,4-6,24-27H,3H2,(H,17,18)(H2,14,15,16). The number of thiol groups is 4. The van der Waals surface area contributed by atoms with Gasteiger partial charge in [-0.2, -0.15) is 0 Å². The smallest absolute Gasteiger partial charge is 0.403 e. The van der Waals surface area contributed by atoms with Crippen LogP contribution in [0.3, 0.4) is 0 Å². The minimum absolute atomic E-state index is 0.0355. The van der Waals surface area contributed by atoms with Gasteiger partial charge in [-0.05, 0) is 54.7 Å². The third-order valence-electron chi connectivity index (χ3n) is 3.11. The van der Waals surface area contributed by atoms with Crippen LogP contribution < -0.4 is 9.05 Å². The van der Waals surface area contributed by atoms with Crippen LogP contribution in [0.25, 0.3) is 0 Å². The predicted octanol–water partition coefficient (Wildman–Crippen LogP) is 3.96. The molecule has 1 atom stereocenters. The Labute approximate surface area is 177 Å². The highest BCUT2D eigenvalue weighted by atomic mass is 32.1. The van der Waals surface area contributed by atoms with Crippen LogP contribution in [-0.2, 0) is 19.5 Å². The maximum atomic E-state index is 11.4. The van der Waals surface area contributed by atoms with Gasteiger partial charge in [-0.3, -0.25) is 14.7 Å². The van der Waals surface area contributed by atoms with Gasteiger partial charge in [-0.25, -0.2) is 13.1 Å². The summed E-state index contributed by atoms with van der Waals surface area (Å²) in [6.07, 6.45) is 0.371. The first-order valence-corrected chi connectivity index (χ1v) is 11.6. The SMILES string of the molecule is O=P(O)(O)Oc1cc(S)c(Cc2ccc(OP(=O)(O)OS)c(S)c2)cc1S. The summed E-state index contributed by atoms with van der Waals surface area (Å²) >= 11 is 16.0. The molecule has 3 N–H and O–H groups in total. The number of phosphoric acid groups is 2. The molecule has 0 aromatic heterocycles. The van der Waals surface area contributed by atoms with Gasteiger partial charge in [0.05, 0.1) is 0 Å². The van der Waals surface area contributed by atoms with Crippen LogP contribution in [-0.4, -0.2) is 14.7 Å². The van der Waals surface area contributed by atoms with Gasteiger partial charge in [0.15, 0.2) is 0 Å². The number of phosphoric ester groups is 2. The zero-order chi connectivity index (χ0) is 20.4. The van der Waals surface area contributed by atoms with Gasteiger partial charge in [-0.1, -0.05) is 6.07 Å². The second-order valence-electron chi connectivity index (χ2n) is 5.15. The van der Waals surface area contributed by atoms with Crippen molar-refractivity contribution in [3.63, 3.8) is 0 Å². The molecular formula is C13H14O8P2S4. The second-order valence-corrected chi connectivity index (χ2v) is 9.53. The lowest BCUT2D eigenvalue weighted by molar-refractivity contribution is 0.280. The molecule has 0 fully saturated rings. The van der Waals surface area contributed by atoms with Crippen molar-refractivity contribution >= 4 is 66.4 Å². The van der Waals surface area contributed by atoms with Crippen molar-refractivity contribution in [3.05, 3.63) is 41.5 Å². The van der Waals surface area contributed by atoms with E-state index in [0.717, 1.165) is 5.56 Å². The fraction of sp³-hybridized carbons (Fsp3) is 0.0769. The minimum Gasteiger partial charge on any atom is -0.403 e. The van der Waals surface area contributed by atoms with E-state index < -0.39 is 15.6 Å². The van der Waals surface area contributed by atoms with Crippen molar-refractivity contribution in [1.82, 2.24) is 0 Å². The summed E-state index contributed by atoms with van der Waals surface area (Å²) in [6.45, 7) is 0. The molecule has 27 heavy (non-hydrogen) atoms. The van der Waals surface area contributed by atoms with Crippen LogP contribution in [0.4, 0.5) is 0 Å². The van der Waals surface area contributed by atoms with Crippen molar-refractivity contribution < 1.29 is 36.8 Å². The summed E-state index contributed by atoms with van der Waals surface area (Å²) < 4.78 is 35.8. The highest BCUT2D eigenvalue weighted by Crippen LogP contribution is 2.46. The Hall–Kier alpha value is -0.260. The number of hydrogen-bond acceptors (Lipinski definition) is 9. The number of hydrogen-bond donors (Lipinski definition) is 7. The van der Waals surface area contributed by atoms with E-state index in [1.807, 2.05) is 0 Å². The first-order chi connectivity index (χ1) is 12.4. The topological polar surface area (TPSA) is 123 Å². The van der Waals surface area contributed by atoms with Crippen LogP contribution in [0.2, 0.25) is 0 Å². The van der Waals surface area contributed by atoms with Gasteiger partial charge >= 0.3 is 15.6 Å².